The Morgan fingerprint density at radius 1 is 0.562 bits per heavy atom. The zero-order chi connectivity index (χ0) is 27.3. The molecule has 0 aromatic heterocycles. The third kappa shape index (κ3) is 98.2. The molecule has 32 heavy (non-hydrogen) atoms. The molecule has 0 bridgehead atoms. The van der Waals surface area contributed by atoms with Gasteiger partial charge in [0.1, 0.15) is 0 Å². The van der Waals surface area contributed by atoms with Crippen molar-refractivity contribution >= 4 is 12.6 Å². The Bertz CT molecular complexity index is 229. The molecule has 0 aromatic rings. The minimum atomic E-state index is -0.148. The van der Waals surface area contributed by atoms with Crippen LogP contribution in [0.25, 0.3) is 0 Å². The monoisotopic (exact) mass is 488 g/mol. The Labute approximate surface area is 208 Å². The van der Waals surface area contributed by atoms with Gasteiger partial charge in [-0.1, -0.05) is 69.2 Å². The normalized spacial score (nSPS) is 12.5. The summed E-state index contributed by atoms with van der Waals surface area (Å²) < 4.78 is 0. The summed E-state index contributed by atoms with van der Waals surface area (Å²) in [6.07, 6.45) is 3.05. The molecule has 0 aliphatic carbocycles. The van der Waals surface area contributed by atoms with Crippen molar-refractivity contribution in [2.45, 2.75) is 140 Å². The first-order valence-corrected chi connectivity index (χ1v) is 13.1. The van der Waals surface area contributed by atoms with E-state index in [1.165, 1.54) is 0 Å². The van der Waals surface area contributed by atoms with E-state index in [0.717, 1.165) is 37.4 Å². The number of hydrogen-bond donors (Lipinski definition) is 6. The molecular formula is C26H64O5S. The number of rotatable bonds is 7. The van der Waals surface area contributed by atoms with E-state index in [2.05, 4.69) is 26.5 Å². The lowest BCUT2D eigenvalue weighted by Gasteiger charge is -2.04. The summed E-state index contributed by atoms with van der Waals surface area (Å²) in [7, 11) is 0. The van der Waals surface area contributed by atoms with Crippen molar-refractivity contribution in [3.8, 4) is 0 Å². The van der Waals surface area contributed by atoms with Crippen LogP contribution in [-0.4, -0.2) is 62.3 Å². The molecule has 0 fully saturated rings. The molecule has 0 saturated heterocycles. The smallest absolute Gasteiger partial charge is 0.0535 e. The van der Waals surface area contributed by atoms with Gasteiger partial charge in [-0.2, -0.15) is 12.6 Å². The Balaban J connectivity index is -0.0000000635. The summed E-state index contributed by atoms with van der Waals surface area (Å²) in [6.45, 7) is 25.7. The average molecular weight is 489 g/mol. The predicted octanol–water partition coefficient (Wildman–Crippen LogP) is 5.95. The van der Waals surface area contributed by atoms with Crippen LogP contribution in [0.5, 0.6) is 0 Å². The second kappa shape index (κ2) is 38.4. The van der Waals surface area contributed by atoms with E-state index in [-0.39, 0.29) is 24.4 Å². The van der Waals surface area contributed by atoms with Gasteiger partial charge < -0.3 is 25.5 Å². The summed E-state index contributed by atoms with van der Waals surface area (Å²) in [5.74, 6) is 2.60. The van der Waals surface area contributed by atoms with Crippen molar-refractivity contribution in [3.05, 3.63) is 0 Å². The average Bonchev–Trinajstić information content (AvgIpc) is 2.74. The van der Waals surface area contributed by atoms with E-state index < -0.39 is 0 Å². The third-order valence-corrected chi connectivity index (χ3v) is 4.55. The molecule has 5 N–H and O–H groups in total. The van der Waals surface area contributed by atoms with Crippen molar-refractivity contribution < 1.29 is 25.5 Å². The lowest BCUT2D eigenvalue weighted by atomic mass is 10.1. The molecule has 0 heterocycles. The maximum absolute atomic E-state index is 8.67. The number of hydrogen-bond acceptors (Lipinski definition) is 6. The highest BCUT2D eigenvalue weighted by molar-refractivity contribution is 7.80. The van der Waals surface area contributed by atoms with Gasteiger partial charge in [-0.05, 0) is 70.0 Å². The highest BCUT2D eigenvalue weighted by Crippen LogP contribution is 1.96. The molecule has 3 atom stereocenters. The van der Waals surface area contributed by atoms with Crippen molar-refractivity contribution in [2.75, 3.05) is 12.4 Å². The zero-order valence-electron chi connectivity index (χ0n) is 24.0. The van der Waals surface area contributed by atoms with Crippen molar-refractivity contribution in [1.29, 1.82) is 0 Å². The molecule has 0 radical (unpaired) electrons. The maximum atomic E-state index is 8.67. The molecule has 0 aromatic carbocycles. The fourth-order valence-corrected chi connectivity index (χ4v) is 0.289. The summed E-state index contributed by atoms with van der Waals surface area (Å²) >= 11 is 4.02. The minimum Gasteiger partial charge on any atom is -0.396 e. The maximum Gasteiger partial charge on any atom is 0.0535 e. The van der Waals surface area contributed by atoms with Crippen molar-refractivity contribution in [3.63, 3.8) is 0 Å². The Morgan fingerprint density at radius 3 is 0.750 bits per heavy atom. The predicted molar refractivity (Wildman–Crippen MR) is 148 cm³/mol. The molecule has 0 saturated carbocycles. The first kappa shape index (κ1) is 45.6. The topological polar surface area (TPSA) is 101 Å². The van der Waals surface area contributed by atoms with Gasteiger partial charge >= 0.3 is 0 Å². The molecule has 204 valence electrons. The van der Waals surface area contributed by atoms with Gasteiger partial charge in [0, 0.05) is 6.61 Å². The molecule has 0 rings (SSSR count). The second-order valence-corrected chi connectivity index (χ2v) is 9.49. The van der Waals surface area contributed by atoms with Gasteiger partial charge in [-0.15, -0.1) is 0 Å². The highest BCUT2D eigenvalue weighted by atomic mass is 32.1. The summed E-state index contributed by atoms with van der Waals surface area (Å²) in [5.41, 5.74) is 0. The van der Waals surface area contributed by atoms with Crippen LogP contribution in [0.4, 0.5) is 0 Å². The van der Waals surface area contributed by atoms with Gasteiger partial charge in [-0.25, -0.2) is 0 Å². The molecular weight excluding hydrogens is 424 g/mol. The van der Waals surface area contributed by atoms with Crippen LogP contribution >= 0.6 is 12.6 Å². The molecule has 0 aliphatic heterocycles. The van der Waals surface area contributed by atoms with Gasteiger partial charge in [0.05, 0.1) is 24.4 Å². The van der Waals surface area contributed by atoms with Gasteiger partial charge in [0.15, 0.2) is 0 Å². The van der Waals surface area contributed by atoms with E-state index in [4.69, 9.17) is 25.5 Å². The van der Waals surface area contributed by atoms with Gasteiger partial charge in [-0.3, -0.25) is 0 Å². The Morgan fingerprint density at radius 2 is 0.750 bits per heavy atom. The number of thiol groups is 1. The Hall–Kier alpha value is 0.150. The van der Waals surface area contributed by atoms with Crippen molar-refractivity contribution in [1.82, 2.24) is 0 Å². The molecule has 6 heteroatoms. The largest absolute Gasteiger partial charge is 0.396 e. The first-order valence-electron chi connectivity index (χ1n) is 12.5. The molecule has 5 nitrogen and oxygen atoms in total. The number of aliphatic hydroxyl groups excluding tert-OH is 5. The SMILES string of the molecule is CC(C)C(C)O.CC(C)CO.CC(C)CS.CCC(C)O.CCC(C)O.CCC(O)CC. The fourth-order valence-electron chi connectivity index (χ4n) is 0.289. The fraction of sp³-hybridized carbons (Fsp3) is 1.00. The van der Waals surface area contributed by atoms with Gasteiger partial charge in [0.2, 0.25) is 0 Å². The minimum absolute atomic E-state index is 0.0648. The van der Waals surface area contributed by atoms with E-state index in [0.29, 0.717) is 18.4 Å². The summed E-state index contributed by atoms with van der Waals surface area (Å²) in [6, 6.07) is 0. The van der Waals surface area contributed by atoms with Crippen LogP contribution in [-0.2, 0) is 0 Å². The lowest BCUT2D eigenvalue weighted by Crippen LogP contribution is -2.07. The van der Waals surface area contributed by atoms with Crippen LogP contribution in [0.2, 0.25) is 0 Å². The quantitative estimate of drug-likeness (QED) is 0.249. The molecule has 3 unspecified atom stereocenters. The highest BCUT2D eigenvalue weighted by Gasteiger charge is 1.97. The molecule has 0 amide bonds. The lowest BCUT2D eigenvalue weighted by molar-refractivity contribution is 0.144. The van der Waals surface area contributed by atoms with E-state index in [9.17, 15) is 0 Å². The standard InChI is InChI=1S/2C5H12O.3C4H10O.C4H10S/c1-4(2)5(3)6;1-3-5(6)4-2;1-4(2)3-5;2*1-3-4(2)5;1-4(2)3-5/h4-6H,1-3H3;5-6H,3-4H2,1-2H3;4*4-5H,3H2,1-2H3. The van der Waals surface area contributed by atoms with Crippen LogP contribution in [0.15, 0.2) is 0 Å². The Kier molecular flexibility index (Phi) is 54.8. The van der Waals surface area contributed by atoms with Crippen LogP contribution < -0.4 is 0 Å². The van der Waals surface area contributed by atoms with Crippen LogP contribution in [0.1, 0.15) is 116 Å². The van der Waals surface area contributed by atoms with E-state index in [1.807, 2.05) is 55.4 Å². The number of aliphatic hydroxyl groups is 5. The molecule has 0 spiro atoms. The van der Waals surface area contributed by atoms with E-state index in [1.54, 1.807) is 20.8 Å². The summed E-state index contributed by atoms with van der Waals surface area (Å²) in [5, 5.41) is 42.2. The van der Waals surface area contributed by atoms with Gasteiger partial charge in [0.25, 0.3) is 0 Å². The van der Waals surface area contributed by atoms with Crippen LogP contribution in [0.3, 0.4) is 0 Å². The molecule has 0 aliphatic rings. The second-order valence-electron chi connectivity index (χ2n) is 9.12. The zero-order valence-corrected chi connectivity index (χ0v) is 24.9. The third-order valence-electron chi connectivity index (χ3n) is 3.82. The van der Waals surface area contributed by atoms with E-state index >= 15 is 0 Å². The van der Waals surface area contributed by atoms with Crippen molar-refractivity contribution in [2.24, 2.45) is 17.8 Å². The first-order chi connectivity index (χ1) is 14.5. The summed E-state index contributed by atoms with van der Waals surface area (Å²) in [4.78, 5) is 0. The van der Waals surface area contributed by atoms with Crippen LogP contribution in [0, 0.1) is 17.8 Å².